The molecule has 0 radical (unpaired) electrons. The number of amides is 1. The largest absolute Gasteiger partial charge is 0.472 e. The zero-order valence-electron chi connectivity index (χ0n) is 57.1. The van der Waals surface area contributed by atoms with E-state index in [0.717, 1.165) is 64.2 Å². The van der Waals surface area contributed by atoms with Crippen LogP contribution in [0.25, 0.3) is 0 Å². The maximum Gasteiger partial charge on any atom is 0.472 e. The molecule has 85 heavy (non-hydrogen) atoms. The zero-order chi connectivity index (χ0) is 61.9. The van der Waals surface area contributed by atoms with Gasteiger partial charge in [0.15, 0.2) is 0 Å². The monoisotopic (exact) mass is 1210 g/mol. The number of aliphatic hydroxyl groups is 1. The van der Waals surface area contributed by atoms with Gasteiger partial charge in [-0.3, -0.25) is 13.8 Å². The first kappa shape index (κ1) is 82.9. The standard InChI is InChI=1S/C76H143N2O6P/c1-6-8-10-12-14-16-18-20-22-24-26-28-30-32-34-36-37-38-39-40-41-42-44-46-48-50-52-54-56-58-60-62-64-66-68-70-76(80)77-74(73-84-85(81,82)83-72-71-78(3,4)5)75(79)69-67-65-63-61-59-57-55-53-51-49-47-45-43-35-33-31-29-27-25-23-21-19-17-15-13-11-9-7-2/h8,10,14,16,20,22,26,28,59,61,67,69,74-75,79H,6-7,9,11-13,15,17-19,21,23-25,27,29-58,60,62-66,68,70-73H2,1-5H3,(H-,77,80,81,82)/p+1/b10-8-,16-14-,22-20-,28-26-,61-59+,69-67+. The molecule has 0 aromatic rings. The number of carbonyl (C=O) groups excluding carboxylic acids is 1. The minimum Gasteiger partial charge on any atom is -0.387 e. The maximum absolute atomic E-state index is 13.1. The molecule has 0 fully saturated rings. The molecule has 0 spiro atoms. The summed E-state index contributed by atoms with van der Waals surface area (Å²) in [7, 11) is 1.57. The summed E-state index contributed by atoms with van der Waals surface area (Å²) in [6.45, 7) is 4.73. The van der Waals surface area contributed by atoms with Crippen molar-refractivity contribution < 1.29 is 32.9 Å². The normalized spacial score (nSPS) is 14.0. The number of unbranched alkanes of at least 4 members (excludes halogenated alkanes) is 45. The van der Waals surface area contributed by atoms with Crippen LogP contribution >= 0.6 is 7.82 Å². The van der Waals surface area contributed by atoms with Crippen molar-refractivity contribution in [1.29, 1.82) is 0 Å². The molecule has 0 heterocycles. The molecule has 8 nitrogen and oxygen atoms in total. The number of phosphoric acid groups is 1. The Labute approximate surface area is 529 Å². The quantitative estimate of drug-likeness (QED) is 0.0243. The molecule has 0 bridgehead atoms. The molecule has 0 aliphatic heterocycles. The fraction of sp³-hybridized carbons (Fsp3) is 0.829. The number of phosphoric ester groups is 1. The van der Waals surface area contributed by atoms with Gasteiger partial charge in [-0.15, -0.1) is 0 Å². The van der Waals surface area contributed by atoms with E-state index in [0.29, 0.717) is 17.4 Å². The lowest BCUT2D eigenvalue weighted by Crippen LogP contribution is -2.45. The molecule has 3 N–H and O–H groups in total. The van der Waals surface area contributed by atoms with Crippen LogP contribution in [-0.4, -0.2) is 73.4 Å². The number of hydrogen-bond donors (Lipinski definition) is 3. The van der Waals surface area contributed by atoms with Crippen LogP contribution in [0.1, 0.15) is 354 Å². The van der Waals surface area contributed by atoms with E-state index in [2.05, 4.69) is 79.9 Å². The van der Waals surface area contributed by atoms with E-state index in [4.69, 9.17) is 9.05 Å². The van der Waals surface area contributed by atoms with Gasteiger partial charge in [0.2, 0.25) is 5.91 Å². The molecule has 0 aromatic carbocycles. The van der Waals surface area contributed by atoms with Crippen LogP contribution in [0.2, 0.25) is 0 Å². The fourth-order valence-corrected chi connectivity index (χ4v) is 11.7. The fourth-order valence-electron chi connectivity index (χ4n) is 11.0. The number of nitrogens with one attached hydrogen (secondary N) is 1. The third-order valence-corrected chi connectivity index (χ3v) is 17.6. The minimum atomic E-state index is -4.36. The molecule has 0 rings (SSSR count). The molecular formula is C76H144N2O6P+. The first-order chi connectivity index (χ1) is 41.5. The van der Waals surface area contributed by atoms with Crippen molar-refractivity contribution in [2.45, 2.75) is 366 Å². The summed E-state index contributed by atoms with van der Waals surface area (Å²) in [6, 6.07) is -0.866. The lowest BCUT2D eigenvalue weighted by atomic mass is 10.0. The molecule has 0 aliphatic rings. The van der Waals surface area contributed by atoms with E-state index >= 15 is 0 Å². The van der Waals surface area contributed by atoms with Gasteiger partial charge < -0.3 is 19.8 Å². The van der Waals surface area contributed by atoms with Crippen molar-refractivity contribution >= 4 is 13.7 Å². The van der Waals surface area contributed by atoms with Gasteiger partial charge in [0.05, 0.1) is 39.9 Å². The Bertz CT molecular complexity index is 1620. The van der Waals surface area contributed by atoms with Gasteiger partial charge in [-0.05, 0) is 70.6 Å². The number of hydrogen-bond acceptors (Lipinski definition) is 5. The van der Waals surface area contributed by atoms with Crippen LogP contribution in [0, 0.1) is 0 Å². The third-order valence-electron chi connectivity index (χ3n) is 16.7. The highest BCUT2D eigenvalue weighted by molar-refractivity contribution is 7.47. The van der Waals surface area contributed by atoms with Crippen LogP contribution < -0.4 is 5.32 Å². The third kappa shape index (κ3) is 69.3. The number of carbonyl (C=O) groups is 1. The molecule has 3 unspecified atom stereocenters. The smallest absolute Gasteiger partial charge is 0.387 e. The predicted molar refractivity (Wildman–Crippen MR) is 373 cm³/mol. The van der Waals surface area contributed by atoms with Gasteiger partial charge in [0, 0.05) is 6.42 Å². The van der Waals surface area contributed by atoms with Crippen LogP contribution in [0.4, 0.5) is 0 Å². The molecule has 0 saturated carbocycles. The second-order valence-electron chi connectivity index (χ2n) is 26.3. The van der Waals surface area contributed by atoms with Crippen molar-refractivity contribution in [1.82, 2.24) is 5.32 Å². The second-order valence-corrected chi connectivity index (χ2v) is 27.7. The zero-order valence-corrected chi connectivity index (χ0v) is 58.0. The molecule has 0 aliphatic carbocycles. The summed E-state index contributed by atoms with van der Waals surface area (Å²) in [5.74, 6) is -0.181. The lowest BCUT2D eigenvalue weighted by molar-refractivity contribution is -0.870. The first-order valence-corrected chi connectivity index (χ1v) is 38.3. The highest BCUT2D eigenvalue weighted by atomic mass is 31.2. The second kappa shape index (κ2) is 66.4. The van der Waals surface area contributed by atoms with Crippen LogP contribution in [0.15, 0.2) is 72.9 Å². The van der Waals surface area contributed by atoms with E-state index in [9.17, 15) is 19.4 Å². The summed E-state index contributed by atoms with van der Waals surface area (Å²) < 4.78 is 23.8. The van der Waals surface area contributed by atoms with Crippen LogP contribution in [-0.2, 0) is 18.4 Å². The first-order valence-electron chi connectivity index (χ1n) is 36.8. The Hall–Kier alpha value is -2.06. The van der Waals surface area contributed by atoms with E-state index in [-0.39, 0.29) is 19.1 Å². The van der Waals surface area contributed by atoms with Gasteiger partial charge >= 0.3 is 7.82 Å². The number of allylic oxidation sites excluding steroid dienone is 11. The molecule has 1 amide bonds. The average molecular weight is 1210 g/mol. The Morgan fingerprint density at radius 3 is 1.08 bits per heavy atom. The van der Waals surface area contributed by atoms with Crippen LogP contribution in [0.5, 0.6) is 0 Å². The Kier molecular flexibility index (Phi) is 64.8. The van der Waals surface area contributed by atoms with Crippen LogP contribution in [0.3, 0.4) is 0 Å². The Morgan fingerprint density at radius 2 is 0.718 bits per heavy atom. The van der Waals surface area contributed by atoms with Gasteiger partial charge in [0.1, 0.15) is 13.2 Å². The number of quaternary nitrogens is 1. The summed E-state index contributed by atoms with van der Waals surface area (Å²) in [5, 5.41) is 14.0. The summed E-state index contributed by atoms with van der Waals surface area (Å²) in [4.78, 5) is 23.4. The van der Waals surface area contributed by atoms with Gasteiger partial charge in [-0.1, -0.05) is 350 Å². The van der Waals surface area contributed by atoms with E-state index < -0.39 is 20.0 Å². The highest BCUT2D eigenvalue weighted by Crippen LogP contribution is 2.43. The molecule has 0 saturated heterocycles. The minimum absolute atomic E-state index is 0.0563. The van der Waals surface area contributed by atoms with Crippen molar-refractivity contribution in [3.63, 3.8) is 0 Å². The Morgan fingerprint density at radius 1 is 0.412 bits per heavy atom. The number of aliphatic hydroxyl groups excluding tert-OH is 1. The Balaban J connectivity index is 4.03. The summed E-state index contributed by atoms with van der Waals surface area (Å²) >= 11 is 0. The maximum atomic E-state index is 13.1. The molecule has 498 valence electrons. The van der Waals surface area contributed by atoms with Crippen molar-refractivity contribution in [2.75, 3.05) is 40.9 Å². The number of likely N-dealkylation sites (N-methyl/N-ethyl adjacent to an activating group) is 1. The predicted octanol–water partition coefficient (Wildman–Crippen LogP) is 23.7. The highest BCUT2D eigenvalue weighted by Gasteiger charge is 2.28. The van der Waals surface area contributed by atoms with Crippen molar-refractivity contribution in [3.8, 4) is 0 Å². The average Bonchev–Trinajstić information content (AvgIpc) is 3.48. The topological polar surface area (TPSA) is 105 Å². The summed E-state index contributed by atoms with van der Waals surface area (Å²) in [6.07, 6.45) is 93.6. The summed E-state index contributed by atoms with van der Waals surface area (Å²) in [5.41, 5.74) is 0. The van der Waals surface area contributed by atoms with E-state index in [1.807, 2.05) is 27.2 Å². The van der Waals surface area contributed by atoms with Gasteiger partial charge in [-0.2, -0.15) is 0 Å². The van der Waals surface area contributed by atoms with Crippen molar-refractivity contribution in [2.24, 2.45) is 0 Å². The molecule has 3 atom stereocenters. The van der Waals surface area contributed by atoms with Gasteiger partial charge in [-0.25, -0.2) is 4.57 Å². The van der Waals surface area contributed by atoms with E-state index in [1.165, 1.54) is 270 Å². The van der Waals surface area contributed by atoms with E-state index in [1.54, 1.807) is 6.08 Å². The molecule has 9 heteroatoms. The molecule has 0 aromatic heterocycles. The van der Waals surface area contributed by atoms with Crippen molar-refractivity contribution in [3.05, 3.63) is 72.9 Å². The van der Waals surface area contributed by atoms with Gasteiger partial charge in [0.25, 0.3) is 0 Å². The number of nitrogens with zero attached hydrogens (tertiary/aromatic N) is 1. The number of rotatable bonds is 68. The SMILES string of the molecule is CC/C=C\C/C=C\C/C=C\C/C=C\CCCCCCCCCCCCCCCCCCCCCCCCC(=O)NC(COP(=O)(O)OCC[N+](C)(C)C)C(O)/C=C/CC/C=C/CCCCCCCCCCCCCCCCCCCCCCCC. The molecular weight excluding hydrogens is 1070 g/mol. The lowest BCUT2D eigenvalue weighted by Gasteiger charge is -2.25.